The van der Waals surface area contributed by atoms with Crippen LogP contribution in [0.25, 0.3) is 0 Å². The Morgan fingerprint density at radius 3 is 1.64 bits per heavy atom. The van der Waals surface area contributed by atoms with Crippen molar-refractivity contribution < 1.29 is 14.7 Å². The van der Waals surface area contributed by atoms with Gasteiger partial charge in [0.05, 0.1) is 5.56 Å². The molecular formula is C20H24N2O3. The minimum absolute atomic E-state index is 0.00239. The number of carbonyl (C=O) groups is 2. The third-order valence-electron chi connectivity index (χ3n) is 4.07. The molecule has 0 saturated carbocycles. The fourth-order valence-corrected chi connectivity index (χ4v) is 2.56. The molecule has 0 radical (unpaired) electrons. The second-order valence-electron chi connectivity index (χ2n) is 6.20. The number of carbonyl (C=O) groups excluding carboxylic acids is 1. The van der Waals surface area contributed by atoms with Crippen LogP contribution >= 0.6 is 0 Å². The zero-order chi connectivity index (χ0) is 18.4. The summed E-state index contributed by atoms with van der Waals surface area (Å²) in [4.78, 5) is 26.7. The Bertz CT molecular complexity index is 722. The van der Waals surface area contributed by atoms with Crippen molar-refractivity contribution in [3.8, 4) is 0 Å². The van der Waals surface area contributed by atoms with Gasteiger partial charge in [-0.2, -0.15) is 0 Å². The van der Waals surface area contributed by atoms with E-state index in [0.29, 0.717) is 11.1 Å². The second-order valence-corrected chi connectivity index (χ2v) is 6.20. The van der Waals surface area contributed by atoms with Crippen LogP contribution < -0.4 is 0 Å². The third-order valence-corrected chi connectivity index (χ3v) is 4.07. The van der Waals surface area contributed by atoms with E-state index in [1.165, 1.54) is 0 Å². The molecule has 0 aromatic heterocycles. The highest BCUT2D eigenvalue weighted by atomic mass is 16.4. The highest BCUT2D eigenvalue weighted by Crippen LogP contribution is 2.13. The van der Waals surface area contributed by atoms with Crippen LogP contribution in [0.1, 0.15) is 38.8 Å². The smallest absolute Gasteiger partial charge is 0.335 e. The summed E-state index contributed by atoms with van der Waals surface area (Å²) in [6.45, 7) is 4.48. The molecule has 25 heavy (non-hydrogen) atoms. The van der Waals surface area contributed by atoms with Gasteiger partial charge in [-0.25, -0.2) is 4.79 Å². The fraction of sp³-hybridized carbons (Fsp3) is 0.300. The number of rotatable bonds is 7. The molecule has 2 aromatic rings. The fourth-order valence-electron chi connectivity index (χ4n) is 2.56. The number of hydrogen-bond acceptors (Lipinski definition) is 3. The largest absolute Gasteiger partial charge is 0.478 e. The molecule has 5 nitrogen and oxygen atoms in total. The SMILES string of the molecule is CCN(Cc1ccc(C(=O)O)cc1)Cc1ccc(C(=O)N(C)C)cc1. The maximum atomic E-state index is 11.9. The van der Waals surface area contributed by atoms with Crippen molar-refractivity contribution in [1.29, 1.82) is 0 Å². The highest BCUT2D eigenvalue weighted by molar-refractivity contribution is 5.93. The van der Waals surface area contributed by atoms with E-state index in [2.05, 4.69) is 11.8 Å². The van der Waals surface area contributed by atoms with Gasteiger partial charge in [-0.15, -0.1) is 0 Å². The Morgan fingerprint density at radius 1 is 0.840 bits per heavy atom. The maximum Gasteiger partial charge on any atom is 0.335 e. The summed E-state index contributed by atoms with van der Waals surface area (Å²) in [5, 5.41) is 8.96. The molecule has 2 aromatic carbocycles. The monoisotopic (exact) mass is 340 g/mol. The van der Waals surface area contributed by atoms with Gasteiger partial charge in [-0.05, 0) is 41.9 Å². The van der Waals surface area contributed by atoms with Crippen molar-refractivity contribution in [1.82, 2.24) is 9.80 Å². The van der Waals surface area contributed by atoms with Crippen LogP contribution in [0, 0.1) is 0 Å². The van der Waals surface area contributed by atoms with Crippen molar-refractivity contribution in [2.45, 2.75) is 20.0 Å². The normalized spacial score (nSPS) is 10.7. The first-order chi connectivity index (χ1) is 11.9. The molecule has 0 fully saturated rings. The summed E-state index contributed by atoms with van der Waals surface area (Å²) in [6.07, 6.45) is 0. The summed E-state index contributed by atoms with van der Waals surface area (Å²) >= 11 is 0. The van der Waals surface area contributed by atoms with E-state index in [1.54, 1.807) is 31.1 Å². The van der Waals surface area contributed by atoms with Gasteiger partial charge in [0.15, 0.2) is 0 Å². The van der Waals surface area contributed by atoms with Crippen LogP contribution in [0.2, 0.25) is 0 Å². The predicted molar refractivity (Wildman–Crippen MR) is 97.6 cm³/mol. The summed E-state index contributed by atoms with van der Waals surface area (Å²) < 4.78 is 0. The van der Waals surface area contributed by atoms with Gasteiger partial charge in [0, 0.05) is 32.7 Å². The van der Waals surface area contributed by atoms with Gasteiger partial charge in [0.2, 0.25) is 0 Å². The minimum Gasteiger partial charge on any atom is -0.478 e. The molecule has 132 valence electrons. The Morgan fingerprint density at radius 2 is 1.28 bits per heavy atom. The van der Waals surface area contributed by atoms with Gasteiger partial charge < -0.3 is 10.0 Å². The molecule has 0 aliphatic heterocycles. The lowest BCUT2D eigenvalue weighted by Crippen LogP contribution is -2.23. The number of benzene rings is 2. The van der Waals surface area contributed by atoms with E-state index in [9.17, 15) is 9.59 Å². The van der Waals surface area contributed by atoms with E-state index >= 15 is 0 Å². The zero-order valence-electron chi connectivity index (χ0n) is 14.9. The van der Waals surface area contributed by atoms with Crippen LogP contribution in [-0.4, -0.2) is 47.4 Å². The number of nitrogens with zero attached hydrogens (tertiary/aromatic N) is 2. The van der Waals surface area contributed by atoms with E-state index in [1.807, 2.05) is 36.4 Å². The van der Waals surface area contributed by atoms with E-state index < -0.39 is 5.97 Å². The molecule has 0 atom stereocenters. The first-order valence-electron chi connectivity index (χ1n) is 8.26. The maximum absolute atomic E-state index is 11.9. The van der Waals surface area contributed by atoms with E-state index in [0.717, 1.165) is 30.8 Å². The first kappa shape index (κ1) is 18.7. The third kappa shape index (κ3) is 5.16. The molecule has 0 aliphatic carbocycles. The molecule has 2 rings (SSSR count). The van der Waals surface area contributed by atoms with Crippen molar-refractivity contribution in [3.63, 3.8) is 0 Å². The molecule has 0 aliphatic rings. The Kier molecular flexibility index (Phi) is 6.31. The minimum atomic E-state index is -0.911. The molecule has 0 spiro atoms. The van der Waals surface area contributed by atoms with E-state index in [-0.39, 0.29) is 5.91 Å². The zero-order valence-corrected chi connectivity index (χ0v) is 14.9. The quantitative estimate of drug-likeness (QED) is 0.841. The van der Waals surface area contributed by atoms with Crippen molar-refractivity contribution >= 4 is 11.9 Å². The molecule has 1 N–H and O–H groups in total. The van der Waals surface area contributed by atoms with Gasteiger partial charge in [0.25, 0.3) is 5.91 Å². The standard InChI is InChI=1S/C20H24N2O3/c1-4-22(14-16-7-11-18(12-8-16)20(24)25)13-15-5-9-17(10-6-15)19(23)21(2)3/h5-12H,4,13-14H2,1-3H3,(H,24,25). The number of aromatic carboxylic acids is 1. The Hall–Kier alpha value is -2.66. The van der Waals surface area contributed by atoms with Crippen LogP contribution in [0.3, 0.4) is 0 Å². The van der Waals surface area contributed by atoms with Crippen LogP contribution in [0.15, 0.2) is 48.5 Å². The lowest BCUT2D eigenvalue weighted by Gasteiger charge is -2.21. The average molecular weight is 340 g/mol. The lowest BCUT2D eigenvalue weighted by atomic mass is 10.1. The van der Waals surface area contributed by atoms with Crippen LogP contribution in [-0.2, 0) is 13.1 Å². The molecule has 5 heteroatoms. The Labute approximate surface area is 148 Å². The van der Waals surface area contributed by atoms with Crippen molar-refractivity contribution in [2.75, 3.05) is 20.6 Å². The topological polar surface area (TPSA) is 60.9 Å². The van der Waals surface area contributed by atoms with Gasteiger partial charge in [-0.1, -0.05) is 31.2 Å². The van der Waals surface area contributed by atoms with E-state index in [4.69, 9.17) is 5.11 Å². The highest BCUT2D eigenvalue weighted by Gasteiger charge is 2.10. The summed E-state index contributed by atoms with van der Waals surface area (Å²) in [5.74, 6) is -0.913. The predicted octanol–water partition coefficient (Wildman–Crippen LogP) is 3.11. The molecule has 0 unspecified atom stereocenters. The van der Waals surface area contributed by atoms with Crippen molar-refractivity contribution in [3.05, 3.63) is 70.8 Å². The molecule has 1 amide bonds. The van der Waals surface area contributed by atoms with Crippen molar-refractivity contribution in [2.24, 2.45) is 0 Å². The lowest BCUT2D eigenvalue weighted by molar-refractivity contribution is 0.0696. The van der Waals surface area contributed by atoms with Crippen LogP contribution in [0.5, 0.6) is 0 Å². The first-order valence-corrected chi connectivity index (χ1v) is 8.26. The average Bonchev–Trinajstić information content (AvgIpc) is 2.61. The van der Waals surface area contributed by atoms with Gasteiger partial charge >= 0.3 is 5.97 Å². The van der Waals surface area contributed by atoms with Gasteiger partial charge in [0.1, 0.15) is 0 Å². The molecular weight excluding hydrogens is 316 g/mol. The number of carboxylic acid groups (broad SMARTS) is 1. The Balaban J connectivity index is 2.01. The van der Waals surface area contributed by atoms with Crippen LogP contribution in [0.4, 0.5) is 0 Å². The number of amides is 1. The van der Waals surface area contributed by atoms with Gasteiger partial charge in [-0.3, -0.25) is 9.69 Å². The molecule has 0 heterocycles. The number of hydrogen-bond donors (Lipinski definition) is 1. The summed E-state index contributed by atoms with van der Waals surface area (Å²) in [7, 11) is 3.48. The number of carboxylic acids is 1. The molecule has 0 saturated heterocycles. The summed E-state index contributed by atoms with van der Waals surface area (Å²) in [6, 6.07) is 14.6. The molecule has 0 bridgehead atoms. The summed E-state index contributed by atoms with van der Waals surface area (Å²) in [5.41, 5.74) is 3.19. The second kappa shape index (κ2) is 8.44.